The third-order valence-electron chi connectivity index (χ3n) is 7.24. The van der Waals surface area contributed by atoms with Crippen molar-refractivity contribution >= 4 is 23.1 Å². The highest BCUT2D eigenvalue weighted by molar-refractivity contribution is 5.70. The molecule has 14 nitrogen and oxygen atoms in total. The van der Waals surface area contributed by atoms with Crippen LogP contribution in [0.25, 0.3) is 11.2 Å². The topological polar surface area (TPSA) is 192 Å². The lowest BCUT2D eigenvalue weighted by Gasteiger charge is -2.23. The Morgan fingerprint density at radius 3 is 2.36 bits per heavy atom. The van der Waals surface area contributed by atoms with Crippen molar-refractivity contribution < 1.29 is 24.5 Å². The number of rotatable bonds is 16. The van der Waals surface area contributed by atoms with Crippen molar-refractivity contribution in [1.29, 1.82) is 0 Å². The summed E-state index contributed by atoms with van der Waals surface area (Å²) in [7, 11) is 0. The summed E-state index contributed by atoms with van der Waals surface area (Å²) in [5, 5.41) is 21.0. The number of nitrogens with two attached hydrogens (primary N) is 1. The highest BCUT2D eigenvalue weighted by Gasteiger charge is 2.45. The van der Waals surface area contributed by atoms with E-state index >= 15 is 0 Å². The molecule has 2 aromatic rings. The summed E-state index contributed by atoms with van der Waals surface area (Å²) in [5.41, 5.74) is 3.88. The molecule has 39 heavy (non-hydrogen) atoms. The molecule has 1 saturated heterocycles. The van der Waals surface area contributed by atoms with Gasteiger partial charge in [-0.1, -0.05) is 27.2 Å². The number of nitrogen functional groups attached to an aromatic ring is 1. The number of nitrogens with zero attached hydrogens (tertiary/aromatic N) is 4. The molecule has 3 rings (SSSR count). The maximum absolute atomic E-state index is 12.5. The normalized spacial score (nSPS) is 21.4. The van der Waals surface area contributed by atoms with Gasteiger partial charge in [-0.2, -0.15) is 4.98 Å². The second kappa shape index (κ2) is 14.6. The van der Waals surface area contributed by atoms with Gasteiger partial charge in [-0.05, 0) is 58.5 Å². The lowest BCUT2D eigenvalue weighted by molar-refractivity contribution is -0.150. The van der Waals surface area contributed by atoms with E-state index in [1.807, 2.05) is 0 Å². The fourth-order valence-corrected chi connectivity index (χ4v) is 4.86. The third-order valence-corrected chi connectivity index (χ3v) is 7.24. The summed E-state index contributed by atoms with van der Waals surface area (Å²) in [6.45, 7) is 12.5. The highest BCUT2D eigenvalue weighted by Crippen LogP contribution is 2.30. The van der Waals surface area contributed by atoms with E-state index < -0.39 is 41.8 Å². The Bertz CT molecular complexity index is 1180. The van der Waals surface area contributed by atoms with Crippen LogP contribution in [-0.2, 0) is 14.3 Å². The molecule has 0 radical (unpaired) electrons. The van der Waals surface area contributed by atoms with Gasteiger partial charge in [0.05, 0.1) is 0 Å². The number of fused-ring (bicyclic) bond motifs is 1. The number of aliphatic hydroxyl groups excluding tert-OH is 2. The summed E-state index contributed by atoms with van der Waals surface area (Å²) in [5.74, 6) is -0.656. The van der Waals surface area contributed by atoms with Gasteiger partial charge in [0.1, 0.15) is 24.9 Å². The smallest absolute Gasteiger partial charge is 0.330 e. The van der Waals surface area contributed by atoms with E-state index in [0.717, 1.165) is 63.1 Å². The summed E-state index contributed by atoms with van der Waals surface area (Å²) in [6, 6.07) is 0. The Kier molecular flexibility index (Phi) is 11.5. The number of nitrogens with one attached hydrogen (secondary N) is 2. The van der Waals surface area contributed by atoms with Crippen LogP contribution in [0.2, 0.25) is 0 Å². The van der Waals surface area contributed by atoms with Gasteiger partial charge < -0.3 is 35.2 Å². The Balaban J connectivity index is 1.41. The number of unbranched alkanes of at least 4 members (excludes halogenated alkanes) is 2. The van der Waals surface area contributed by atoms with Gasteiger partial charge in [0, 0.05) is 6.42 Å². The molecule has 4 unspecified atom stereocenters. The lowest BCUT2D eigenvalue weighted by atomic mass is 10.1. The number of hydrogen-bond acceptors (Lipinski definition) is 11. The number of carbonyl (C=O) groups excluding carboxylic acids is 1. The van der Waals surface area contributed by atoms with Gasteiger partial charge in [0.2, 0.25) is 5.95 Å². The van der Waals surface area contributed by atoms with E-state index in [9.17, 15) is 24.6 Å². The second-order valence-electron chi connectivity index (χ2n) is 9.80. The molecule has 6 N–H and O–H groups in total. The van der Waals surface area contributed by atoms with Crippen LogP contribution < -0.4 is 17.0 Å². The van der Waals surface area contributed by atoms with Gasteiger partial charge in [-0.25, -0.2) is 9.36 Å². The number of hydrogen-bond donors (Lipinski definition) is 5. The van der Waals surface area contributed by atoms with Crippen LogP contribution in [0.15, 0.2) is 9.59 Å². The number of H-pyrrole nitrogens is 2. The van der Waals surface area contributed by atoms with Crippen molar-refractivity contribution in [3.8, 4) is 0 Å². The quantitative estimate of drug-likeness (QED) is 0.136. The Hall–Kier alpha value is -2.78. The minimum absolute atomic E-state index is 0.124. The molecule has 0 saturated carbocycles. The van der Waals surface area contributed by atoms with Gasteiger partial charge in [-0.3, -0.25) is 19.6 Å². The number of carbonyl (C=O) groups is 1. The average Bonchev–Trinajstić information content (AvgIpc) is 3.38. The summed E-state index contributed by atoms with van der Waals surface area (Å²) < 4.78 is 11.8. The van der Waals surface area contributed by atoms with E-state index in [2.05, 4.69) is 45.5 Å². The van der Waals surface area contributed by atoms with Crippen LogP contribution >= 0.6 is 0 Å². The van der Waals surface area contributed by atoms with Crippen LogP contribution in [0, 0.1) is 0 Å². The maximum Gasteiger partial charge on any atom is 0.330 e. The van der Waals surface area contributed by atoms with Crippen LogP contribution in [0.4, 0.5) is 5.95 Å². The standard InChI is InChI=1S/C25H43N7O7/c1-4-30(5-2)13-10-14-31(6-3)12-9-7-8-11-17(33)38-15-16-19(34)20(35)23(39-16)32-21-18(27-25(32)37)22(36)29-24(26)28-21/h16,19-20,23,34-35H,4-15H2,1-3H3,(H,27,37)(H3,26,28,29,36). The molecule has 0 aliphatic carbocycles. The number of imidazole rings is 1. The van der Waals surface area contributed by atoms with Crippen LogP contribution in [0.5, 0.6) is 0 Å². The molecule has 0 aromatic carbocycles. The monoisotopic (exact) mass is 553 g/mol. The van der Waals surface area contributed by atoms with Crippen molar-refractivity contribution in [1.82, 2.24) is 29.3 Å². The second-order valence-corrected chi connectivity index (χ2v) is 9.80. The zero-order valence-corrected chi connectivity index (χ0v) is 23.1. The molecule has 220 valence electrons. The van der Waals surface area contributed by atoms with E-state index in [4.69, 9.17) is 15.2 Å². The van der Waals surface area contributed by atoms with Crippen LogP contribution in [0.3, 0.4) is 0 Å². The molecule has 0 bridgehead atoms. The molecule has 4 atom stereocenters. The van der Waals surface area contributed by atoms with Crippen LogP contribution in [-0.4, -0.2) is 110 Å². The molecule has 1 fully saturated rings. The highest BCUT2D eigenvalue weighted by atomic mass is 16.6. The number of aliphatic hydroxyl groups is 2. The van der Waals surface area contributed by atoms with E-state index in [1.54, 1.807) is 0 Å². The van der Waals surface area contributed by atoms with E-state index in [1.165, 1.54) is 0 Å². The van der Waals surface area contributed by atoms with Crippen molar-refractivity contribution in [3.05, 3.63) is 20.8 Å². The zero-order chi connectivity index (χ0) is 28.5. The van der Waals surface area contributed by atoms with Crippen molar-refractivity contribution in [2.24, 2.45) is 0 Å². The summed E-state index contributed by atoms with van der Waals surface area (Å²) >= 11 is 0. The van der Waals surface area contributed by atoms with E-state index in [0.29, 0.717) is 6.42 Å². The van der Waals surface area contributed by atoms with Crippen LogP contribution in [0.1, 0.15) is 59.1 Å². The maximum atomic E-state index is 12.5. The predicted molar refractivity (Wildman–Crippen MR) is 145 cm³/mol. The number of anilines is 1. The minimum Gasteiger partial charge on any atom is -0.463 e. The first-order chi connectivity index (χ1) is 18.7. The molecule has 1 aliphatic heterocycles. The van der Waals surface area contributed by atoms with Gasteiger partial charge in [-0.15, -0.1) is 0 Å². The third kappa shape index (κ3) is 7.88. The molecule has 0 amide bonds. The van der Waals surface area contributed by atoms with Gasteiger partial charge in [0.15, 0.2) is 17.4 Å². The number of aromatic nitrogens is 4. The molecule has 14 heteroatoms. The Morgan fingerprint density at radius 2 is 1.67 bits per heavy atom. The van der Waals surface area contributed by atoms with Gasteiger partial charge >= 0.3 is 11.7 Å². The first-order valence-electron chi connectivity index (χ1n) is 13.8. The molecule has 1 aliphatic rings. The minimum atomic E-state index is -1.53. The summed E-state index contributed by atoms with van der Waals surface area (Å²) in [6.07, 6.45) is -1.44. The molecule has 2 aromatic heterocycles. The molecular weight excluding hydrogens is 510 g/mol. The van der Waals surface area contributed by atoms with Crippen molar-refractivity contribution in [2.75, 3.05) is 51.6 Å². The summed E-state index contributed by atoms with van der Waals surface area (Å²) in [4.78, 5) is 50.2. The SMILES string of the molecule is CCN(CC)CCCN(CC)CCCCCC(=O)OCC1OC(n2c(=O)[nH]c3c(=O)[nH]c(N)nc32)C(O)C1O. The van der Waals surface area contributed by atoms with Crippen molar-refractivity contribution in [3.63, 3.8) is 0 Å². The van der Waals surface area contributed by atoms with Crippen molar-refractivity contribution in [2.45, 2.75) is 77.4 Å². The largest absolute Gasteiger partial charge is 0.463 e. The predicted octanol–water partition coefficient (Wildman–Crippen LogP) is -0.228. The first kappa shape index (κ1) is 30.8. The fraction of sp³-hybridized carbons (Fsp3) is 0.760. The molecule has 0 spiro atoms. The zero-order valence-electron chi connectivity index (χ0n) is 23.1. The lowest BCUT2D eigenvalue weighted by Crippen LogP contribution is -2.35. The number of esters is 1. The molecule has 3 heterocycles. The Labute approximate surface area is 227 Å². The molecular formula is C25H43N7O7. The fourth-order valence-electron chi connectivity index (χ4n) is 4.86. The Morgan fingerprint density at radius 1 is 1.00 bits per heavy atom. The number of ether oxygens (including phenoxy) is 2. The first-order valence-corrected chi connectivity index (χ1v) is 13.8. The number of aromatic amines is 2. The average molecular weight is 554 g/mol. The van der Waals surface area contributed by atoms with E-state index in [-0.39, 0.29) is 30.1 Å². The van der Waals surface area contributed by atoms with Gasteiger partial charge in [0.25, 0.3) is 5.56 Å².